The van der Waals surface area contributed by atoms with Crippen molar-refractivity contribution in [3.05, 3.63) is 0 Å². The lowest BCUT2D eigenvalue weighted by atomic mass is 10.1. The van der Waals surface area contributed by atoms with Gasteiger partial charge in [-0.3, -0.25) is 9.69 Å². The maximum Gasteiger partial charge on any atom is 0.307 e. The molecule has 2 rings (SSSR count). The van der Waals surface area contributed by atoms with Crippen LogP contribution in [0, 0.1) is 5.92 Å². The van der Waals surface area contributed by atoms with Gasteiger partial charge < -0.3 is 10.5 Å². The van der Waals surface area contributed by atoms with Gasteiger partial charge in [0.2, 0.25) is 0 Å². The number of carbonyl (C=O) groups excluding carboxylic acids is 1. The normalized spacial score (nSPS) is 29.1. The topological polar surface area (TPSA) is 55.6 Å². The molecule has 0 aromatic heterocycles. The van der Waals surface area contributed by atoms with Crippen LogP contribution in [0.5, 0.6) is 0 Å². The summed E-state index contributed by atoms with van der Waals surface area (Å²) in [5, 5.41) is 0. The van der Waals surface area contributed by atoms with E-state index < -0.39 is 0 Å². The number of hydrogen-bond acceptors (Lipinski definition) is 4. The first-order valence-electron chi connectivity index (χ1n) is 5.77. The monoisotopic (exact) mass is 212 g/mol. The van der Waals surface area contributed by atoms with Crippen LogP contribution in [-0.4, -0.2) is 43.2 Å². The molecule has 0 aromatic carbocycles. The van der Waals surface area contributed by atoms with Crippen molar-refractivity contribution in [3.8, 4) is 0 Å². The van der Waals surface area contributed by atoms with Gasteiger partial charge >= 0.3 is 5.97 Å². The molecule has 2 unspecified atom stereocenters. The first kappa shape index (κ1) is 10.9. The fourth-order valence-corrected chi connectivity index (χ4v) is 2.45. The smallest absolute Gasteiger partial charge is 0.307 e. The second kappa shape index (κ2) is 4.49. The highest BCUT2D eigenvalue weighted by Gasteiger charge is 2.38. The van der Waals surface area contributed by atoms with Crippen molar-refractivity contribution >= 4 is 5.97 Å². The van der Waals surface area contributed by atoms with Crippen LogP contribution in [-0.2, 0) is 9.53 Å². The minimum Gasteiger partial charge on any atom is -0.469 e. The molecule has 2 fully saturated rings. The van der Waals surface area contributed by atoms with E-state index in [0.29, 0.717) is 24.4 Å². The van der Waals surface area contributed by atoms with Crippen LogP contribution in [0.25, 0.3) is 0 Å². The van der Waals surface area contributed by atoms with Crippen molar-refractivity contribution in [2.45, 2.75) is 37.8 Å². The first-order valence-corrected chi connectivity index (χ1v) is 5.77. The molecule has 0 spiro atoms. The number of nitrogens with two attached hydrogens (primary N) is 1. The van der Waals surface area contributed by atoms with Crippen LogP contribution < -0.4 is 5.73 Å². The zero-order valence-corrected chi connectivity index (χ0v) is 9.32. The Morgan fingerprint density at radius 3 is 2.73 bits per heavy atom. The van der Waals surface area contributed by atoms with E-state index in [2.05, 4.69) is 4.90 Å². The largest absolute Gasteiger partial charge is 0.469 e. The lowest BCUT2D eigenvalue weighted by Gasteiger charge is -2.26. The summed E-state index contributed by atoms with van der Waals surface area (Å²) in [6, 6.07) is 0.676. The summed E-state index contributed by atoms with van der Waals surface area (Å²) in [6.45, 7) is 1.98. The molecule has 2 N–H and O–H groups in total. The van der Waals surface area contributed by atoms with Crippen molar-refractivity contribution in [2.75, 3.05) is 20.2 Å². The van der Waals surface area contributed by atoms with Gasteiger partial charge in [-0.1, -0.05) is 0 Å². The van der Waals surface area contributed by atoms with E-state index in [0.717, 1.165) is 19.5 Å². The number of rotatable bonds is 4. The van der Waals surface area contributed by atoms with Crippen molar-refractivity contribution < 1.29 is 9.53 Å². The van der Waals surface area contributed by atoms with Gasteiger partial charge in [0.05, 0.1) is 13.5 Å². The number of methoxy groups -OCH3 is 1. The lowest BCUT2D eigenvalue weighted by Crippen LogP contribution is -2.38. The van der Waals surface area contributed by atoms with Crippen molar-refractivity contribution in [1.82, 2.24) is 4.90 Å². The molecule has 1 saturated carbocycles. The molecule has 1 aliphatic carbocycles. The van der Waals surface area contributed by atoms with Crippen LogP contribution in [0.3, 0.4) is 0 Å². The van der Waals surface area contributed by atoms with Gasteiger partial charge in [-0.25, -0.2) is 0 Å². The molecule has 0 bridgehead atoms. The average Bonchev–Trinajstić information content (AvgIpc) is 2.97. The Kier molecular flexibility index (Phi) is 3.26. The Morgan fingerprint density at radius 2 is 2.27 bits per heavy atom. The molecular formula is C11H20N2O2. The van der Waals surface area contributed by atoms with Crippen LogP contribution >= 0.6 is 0 Å². The van der Waals surface area contributed by atoms with Crippen molar-refractivity contribution in [1.29, 1.82) is 0 Å². The fourth-order valence-electron chi connectivity index (χ4n) is 2.45. The second-order valence-electron chi connectivity index (χ2n) is 4.73. The van der Waals surface area contributed by atoms with Crippen LogP contribution in [0.4, 0.5) is 0 Å². The van der Waals surface area contributed by atoms with E-state index in [1.165, 1.54) is 20.0 Å². The second-order valence-corrected chi connectivity index (χ2v) is 4.73. The van der Waals surface area contributed by atoms with E-state index in [9.17, 15) is 4.79 Å². The zero-order chi connectivity index (χ0) is 10.8. The Labute approximate surface area is 90.8 Å². The summed E-state index contributed by atoms with van der Waals surface area (Å²) in [5.74, 6) is 0.613. The SMILES string of the molecule is COC(=O)CC(C1CC1)N1CCC(N)C1. The van der Waals surface area contributed by atoms with Gasteiger partial charge in [-0.15, -0.1) is 0 Å². The molecule has 1 heterocycles. The van der Waals surface area contributed by atoms with Crippen molar-refractivity contribution in [3.63, 3.8) is 0 Å². The average molecular weight is 212 g/mol. The highest BCUT2D eigenvalue weighted by molar-refractivity contribution is 5.70. The Morgan fingerprint density at radius 1 is 1.53 bits per heavy atom. The van der Waals surface area contributed by atoms with Gasteiger partial charge in [-0.05, 0) is 25.2 Å². The minimum absolute atomic E-state index is 0.0904. The Hall–Kier alpha value is -0.610. The molecule has 0 amide bonds. The van der Waals surface area contributed by atoms with E-state index in [-0.39, 0.29) is 5.97 Å². The highest BCUT2D eigenvalue weighted by atomic mass is 16.5. The molecule has 1 aliphatic heterocycles. The molecular weight excluding hydrogens is 192 g/mol. The minimum atomic E-state index is -0.0904. The van der Waals surface area contributed by atoms with Gasteiger partial charge in [0, 0.05) is 25.2 Å². The molecule has 2 atom stereocenters. The Bertz CT molecular complexity index is 241. The van der Waals surface area contributed by atoms with Crippen LogP contribution in [0.2, 0.25) is 0 Å². The third-order valence-corrected chi connectivity index (χ3v) is 3.49. The molecule has 15 heavy (non-hydrogen) atoms. The predicted molar refractivity (Wildman–Crippen MR) is 57.3 cm³/mol. The molecule has 86 valence electrons. The summed E-state index contributed by atoms with van der Waals surface area (Å²) in [6.07, 6.45) is 4.11. The molecule has 4 heteroatoms. The predicted octanol–water partition coefficient (Wildman–Crippen LogP) is 0.361. The number of ether oxygens (including phenoxy) is 1. The maximum absolute atomic E-state index is 11.3. The number of hydrogen-bond donors (Lipinski definition) is 1. The summed E-state index contributed by atoms with van der Waals surface area (Å²) < 4.78 is 4.75. The zero-order valence-electron chi connectivity index (χ0n) is 9.32. The third-order valence-electron chi connectivity index (χ3n) is 3.49. The Balaban J connectivity index is 1.91. The lowest BCUT2D eigenvalue weighted by molar-refractivity contribution is -0.142. The van der Waals surface area contributed by atoms with E-state index >= 15 is 0 Å². The molecule has 2 aliphatic rings. The molecule has 1 saturated heterocycles. The molecule has 4 nitrogen and oxygen atoms in total. The summed E-state index contributed by atoms with van der Waals surface area (Å²) in [7, 11) is 1.46. The van der Waals surface area contributed by atoms with E-state index in [1.807, 2.05) is 0 Å². The summed E-state index contributed by atoms with van der Waals surface area (Å²) >= 11 is 0. The number of carbonyl (C=O) groups is 1. The number of likely N-dealkylation sites (tertiary alicyclic amines) is 1. The van der Waals surface area contributed by atoms with Gasteiger partial charge in [-0.2, -0.15) is 0 Å². The fraction of sp³-hybridized carbons (Fsp3) is 0.909. The van der Waals surface area contributed by atoms with Crippen LogP contribution in [0.15, 0.2) is 0 Å². The van der Waals surface area contributed by atoms with E-state index in [4.69, 9.17) is 10.5 Å². The number of esters is 1. The molecule has 0 aromatic rings. The van der Waals surface area contributed by atoms with E-state index in [1.54, 1.807) is 0 Å². The summed E-state index contributed by atoms with van der Waals surface area (Å²) in [4.78, 5) is 13.7. The van der Waals surface area contributed by atoms with Gasteiger partial charge in [0.25, 0.3) is 0 Å². The maximum atomic E-state index is 11.3. The molecule has 0 radical (unpaired) electrons. The van der Waals surface area contributed by atoms with Gasteiger partial charge in [0.1, 0.15) is 0 Å². The highest BCUT2D eigenvalue weighted by Crippen LogP contribution is 2.38. The first-order chi connectivity index (χ1) is 7.20. The van der Waals surface area contributed by atoms with Gasteiger partial charge in [0.15, 0.2) is 0 Å². The number of nitrogens with zero attached hydrogens (tertiary/aromatic N) is 1. The quantitative estimate of drug-likeness (QED) is 0.684. The van der Waals surface area contributed by atoms with Crippen LogP contribution in [0.1, 0.15) is 25.7 Å². The van der Waals surface area contributed by atoms with Crippen molar-refractivity contribution in [2.24, 2.45) is 11.7 Å². The third kappa shape index (κ3) is 2.69. The summed E-state index contributed by atoms with van der Waals surface area (Å²) in [5.41, 5.74) is 5.89. The standard InChI is InChI=1S/C11H20N2O2/c1-15-11(14)6-10(8-2-3-8)13-5-4-9(12)7-13/h8-10H,2-7,12H2,1H3.